The van der Waals surface area contributed by atoms with Crippen molar-refractivity contribution in [2.75, 3.05) is 22.1 Å². The van der Waals surface area contributed by atoms with E-state index >= 15 is 0 Å². The number of hydrogen-bond acceptors (Lipinski definition) is 3. The Balaban J connectivity index is 1.65. The van der Waals surface area contributed by atoms with Gasteiger partial charge in [0.05, 0.1) is 5.92 Å². The van der Waals surface area contributed by atoms with Gasteiger partial charge in [-0.05, 0) is 37.3 Å². The fourth-order valence-electron chi connectivity index (χ4n) is 3.03. The Morgan fingerprint density at radius 1 is 1.07 bits per heavy atom. The Morgan fingerprint density at radius 3 is 2.41 bits per heavy atom. The van der Waals surface area contributed by atoms with E-state index in [-0.39, 0.29) is 24.1 Å². The van der Waals surface area contributed by atoms with Gasteiger partial charge in [0.25, 0.3) is 0 Å². The van der Waals surface area contributed by atoms with Crippen LogP contribution in [-0.2, 0) is 14.4 Å². The van der Waals surface area contributed by atoms with Crippen LogP contribution in [-0.4, -0.2) is 24.3 Å². The second kappa shape index (κ2) is 8.03. The highest BCUT2D eigenvalue weighted by Gasteiger charge is 2.35. The van der Waals surface area contributed by atoms with E-state index in [2.05, 4.69) is 10.6 Å². The van der Waals surface area contributed by atoms with E-state index in [1.54, 1.807) is 36.1 Å². The van der Waals surface area contributed by atoms with Gasteiger partial charge < -0.3 is 15.5 Å². The van der Waals surface area contributed by atoms with E-state index in [1.807, 2.05) is 31.2 Å². The quantitative estimate of drug-likeness (QED) is 0.853. The summed E-state index contributed by atoms with van der Waals surface area (Å²) in [6.45, 7) is 4.13. The molecule has 1 heterocycles. The van der Waals surface area contributed by atoms with Crippen molar-refractivity contribution in [3.63, 3.8) is 0 Å². The second-order valence-corrected chi connectivity index (χ2v) is 6.71. The van der Waals surface area contributed by atoms with Crippen LogP contribution < -0.4 is 15.5 Å². The van der Waals surface area contributed by atoms with Crippen molar-refractivity contribution in [3.05, 3.63) is 54.1 Å². The Hall–Kier alpha value is -3.15. The number of rotatable bonds is 5. The molecule has 0 bridgehead atoms. The summed E-state index contributed by atoms with van der Waals surface area (Å²) in [5.41, 5.74) is 3.15. The molecule has 1 saturated heterocycles. The number of benzene rings is 2. The topological polar surface area (TPSA) is 78.5 Å². The van der Waals surface area contributed by atoms with Gasteiger partial charge in [0.1, 0.15) is 0 Å². The monoisotopic (exact) mass is 365 g/mol. The van der Waals surface area contributed by atoms with Crippen molar-refractivity contribution in [1.82, 2.24) is 0 Å². The van der Waals surface area contributed by atoms with Crippen LogP contribution >= 0.6 is 0 Å². The van der Waals surface area contributed by atoms with Crippen LogP contribution in [0.5, 0.6) is 0 Å². The van der Waals surface area contributed by atoms with Gasteiger partial charge in [0.2, 0.25) is 17.7 Å². The van der Waals surface area contributed by atoms with Crippen molar-refractivity contribution < 1.29 is 14.4 Å². The molecule has 2 aromatic carbocycles. The normalized spacial score (nSPS) is 16.3. The molecule has 0 saturated carbocycles. The molecule has 0 radical (unpaired) electrons. The molecule has 3 rings (SSSR count). The van der Waals surface area contributed by atoms with Crippen LogP contribution in [0.15, 0.2) is 48.5 Å². The van der Waals surface area contributed by atoms with Crippen molar-refractivity contribution in [1.29, 1.82) is 0 Å². The van der Waals surface area contributed by atoms with E-state index in [1.165, 1.54) is 0 Å². The van der Waals surface area contributed by atoms with Gasteiger partial charge in [-0.3, -0.25) is 14.4 Å². The fourth-order valence-corrected chi connectivity index (χ4v) is 3.03. The maximum Gasteiger partial charge on any atom is 0.229 e. The number of nitrogens with one attached hydrogen (secondary N) is 2. The standard InChI is InChI=1S/C21H23N3O3/c1-3-19(25)22-16-5-4-6-17(12-16)23-21(27)15-11-20(26)24(13-15)18-9-7-14(2)8-10-18/h4-10,12,15H,3,11,13H2,1-2H3,(H,22,25)(H,23,27). The highest BCUT2D eigenvalue weighted by Crippen LogP contribution is 2.26. The van der Waals surface area contributed by atoms with Gasteiger partial charge in [-0.2, -0.15) is 0 Å². The Kier molecular flexibility index (Phi) is 5.54. The van der Waals surface area contributed by atoms with Crippen LogP contribution in [0.4, 0.5) is 17.1 Å². The van der Waals surface area contributed by atoms with E-state index < -0.39 is 5.92 Å². The highest BCUT2D eigenvalue weighted by atomic mass is 16.2. The zero-order valence-corrected chi connectivity index (χ0v) is 15.5. The highest BCUT2D eigenvalue weighted by molar-refractivity contribution is 6.03. The fraction of sp³-hybridized carbons (Fsp3) is 0.286. The molecule has 1 atom stereocenters. The molecule has 2 aromatic rings. The first-order valence-corrected chi connectivity index (χ1v) is 9.04. The number of nitrogens with zero attached hydrogens (tertiary/aromatic N) is 1. The Labute approximate surface area is 158 Å². The van der Waals surface area contributed by atoms with Gasteiger partial charge in [0, 0.05) is 36.4 Å². The van der Waals surface area contributed by atoms with Crippen molar-refractivity contribution in [2.24, 2.45) is 5.92 Å². The summed E-state index contributed by atoms with van der Waals surface area (Å²) >= 11 is 0. The minimum Gasteiger partial charge on any atom is -0.326 e. The number of carbonyl (C=O) groups is 3. The first-order chi connectivity index (χ1) is 13.0. The van der Waals surface area contributed by atoms with Gasteiger partial charge in [-0.15, -0.1) is 0 Å². The molecule has 1 unspecified atom stereocenters. The smallest absolute Gasteiger partial charge is 0.229 e. The van der Waals surface area contributed by atoms with E-state index in [0.717, 1.165) is 11.3 Å². The van der Waals surface area contributed by atoms with E-state index in [9.17, 15) is 14.4 Å². The molecule has 1 aliphatic heterocycles. The van der Waals surface area contributed by atoms with Gasteiger partial charge >= 0.3 is 0 Å². The average molecular weight is 365 g/mol. The lowest BCUT2D eigenvalue weighted by Crippen LogP contribution is -2.28. The summed E-state index contributed by atoms with van der Waals surface area (Å²) in [6.07, 6.45) is 0.571. The molecule has 3 amide bonds. The minimum absolute atomic E-state index is 0.0528. The predicted octanol–water partition coefficient (Wildman–Crippen LogP) is 3.34. The predicted molar refractivity (Wildman–Crippen MR) is 106 cm³/mol. The lowest BCUT2D eigenvalue weighted by molar-refractivity contribution is -0.122. The lowest BCUT2D eigenvalue weighted by Gasteiger charge is -2.17. The number of amides is 3. The third-order valence-electron chi connectivity index (χ3n) is 4.58. The van der Waals surface area contributed by atoms with Gasteiger partial charge in [0.15, 0.2) is 0 Å². The SMILES string of the molecule is CCC(=O)Nc1cccc(NC(=O)C2CC(=O)N(c3ccc(C)cc3)C2)c1. The maximum absolute atomic E-state index is 12.6. The third-order valence-corrected chi connectivity index (χ3v) is 4.58. The number of anilines is 3. The van der Waals surface area contributed by atoms with Crippen molar-refractivity contribution in [2.45, 2.75) is 26.7 Å². The molecule has 140 valence electrons. The van der Waals surface area contributed by atoms with Crippen LogP contribution in [0.1, 0.15) is 25.3 Å². The molecule has 1 fully saturated rings. The summed E-state index contributed by atoms with van der Waals surface area (Å²) in [5.74, 6) is -0.749. The van der Waals surface area contributed by atoms with Crippen molar-refractivity contribution >= 4 is 34.8 Å². The second-order valence-electron chi connectivity index (χ2n) is 6.71. The zero-order chi connectivity index (χ0) is 19.4. The largest absolute Gasteiger partial charge is 0.326 e. The average Bonchev–Trinajstić information content (AvgIpc) is 3.04. The number of carbonyl (C=O) groups excluding carboxylic acids is 3. The van der Waals surface area contributed by atoms with Gasteiger partial charge in [-0.1, -0.05) is 30.7 Å². The molecule has 1 aliphatic rings. The molecule has 0 spiro atoms. The van der Waals surface area contributed by atoms with Gasteiger partial charge in [-0.25, -0.2) is 0 Å². The molecule has 6 heteroatoms. The molecule has 27 heavy (non-hydrogen) atoms. The number of aryl methyl sites for hydroxylation is 1. The summed E-state index contributed by atoms with van der Waals surface area (Å²) in [5, 5.41) is 5.61. The lowest BCUT2D eigenvalue weighted by atomic mass is 10.1. The summed E-state index contributed by atoms with van der Waals surface area (Å²) in [7, 11) is 0. The molecule has 6 nitrogen and oxygen atoms in total. The minimum atomic E-state index is -0.410. The molecular formula is C21H23N3O3. The van der Waals surface area contributed by atoms with E-state index in [4.69, 9.17) is 0 Å². The Bertz CT molecular complexity index is 861. The van der Waals surface area contributed by atoms with Crippen LogP contribution in [0.25, 0.3) is 0 Å². The van der Waals surface area contributed by atoms with E-state index in [0.29, 0.717) is 24.3 Å². The first-order valence-electron chi connectivity index (χ1n) is 9.04. The first kappa shape index (κ1) is 18.6. The summed E-state index contributed by atoms with van der Waals surface area (Å²) in [6, 6.07) is 14.7. The van der Waals surface area contributed by atoms with Crippen LogP contribution in [0.3, 0.4) is 0 Å². The Morgan fingerprint density at radius 2 is 1.74 bits per heavy atom. The van der Waals surface area contributed by atoms with Crippen LogP contribution in [0.2, 0.25) is 0 Å². The zero-order valence-electron chi connectivity index (χ0n) is 15.5. The molecule has 0 aromatic heterocycles. The summed E-state index contributed by atoms with van der Waals surface area (Å²) in [4.78, 5) is 38.1. The maximum atomic E-state index is 12.6. The molecule has 0 aliphatic carbocycles. The molecular weight excluding hydrogens is 342 g/mol. The summed E-state index contributed by atoms with van der Waals surface area (Å²) < 4.78 is 0. The third kappa shape index (κ3) is 4.53. The number of hydrogen-bond donors (Lipinski definition) is 2. The molecule has 2 N–H and O–H groups in total. The van der Waals surface area contributed by atoms with Crippen LogP contribution in [0, 0.1) is 12.8 Å². The van der Waals surface area contributed by atoms with Crippen molar-refractivity contribution in [3.8, 4) is 0 Å².